The molecule has 0 spiro atoms. The van der Waals surface area contributed by atoms with Crippen LogP contribution in [-0.2, 0) is 14.3 Å². The Labute approximate surface area is 105 Å². The average Bonchev–Trinajstić information content (AvgIpc) is 2.36. The molecule has 0 saturated carbocycles. The highest BCUT2D eigenvalue weighted by molar-refractivity contribution is 5.90. The van der Waals surface area contributed by atoms with Crippen LogP contribution in [0.25, 0.3) is 0 Å². The molecular formula is C11H14ClNO4. The number of hydrogen-bond donors (Lipinski definition) is 1. The molecule has 0 radical (unpaired) electrons. The van der Waals surface area contributed by atoms with E-state index in [4.69, 9.17) is 5.73 Å². The maximum absolute atomic E-state index is 11.2. The van der Waals surface area contributed by atoms with Gasteiger partial charge in [-0.25, -0.2) is 4.79 Å². The topological polar surface area (TPSA) is 78.6 Å². The van der Waals surface area contributed by atoms with Gasteiger partial charge in [0.15, 0.2) is 0 Å². The number of rotatable bonds is 3. The smallest absolute Gasteiger partial charge is 0.337 e. The largest absolute Gasteiger partial charge is 0.468 e. The Morgan fingerprint density at radius 2 is 1.88 bits per heavy atom. The molecule has 0 saturated heterocycles. The summed E-state index contributed by atoms with van der Waals surface area (Å²) in [4.78, 5) is 22.4. The van der Waals surface area contributed by atoms with E-state index in [-0.39, 0.29) is 12.4 Å². The van der Waals surface area contributed by atoms with Crippen molar-refractivity contribution in [1.82, 2.24) is 0 Å². The molecule has 1 aromatic carbocycles. The van der Waals surface area contributed by atoms with E-state index in [0.29, 0.717) is 11.1 Å². The Morgan fingerprint density at radius 3 is 2.41 bits per heavy atom. The van der Waals surface area contributed by atoms with Gasteiger partial charge >= 0.3 is 11.9 Å². The van der Waals surface area contributed by atoms with Gasteiger partial charge in [-0.2, -0.15) is 0 Å². The normalized spacial score (nSPS) is 11.0. The molecule has 0 bridgehead atoms. The van der Waals surface area contributed by atoms with Gasteiger partial charge in [0.1, 0.15) is 6.04 Å². The first-order valence-electron chi connectivity index (χ1n) is 4.62. The molecule has 0 aliphatic rings. The van der Waals surface area contributed by atoms with Gasteiger partial charge in [-0.3, -0.25) is 4.79 Å². The zero-order valence-electron chi connectivity index (χ0n) is 9.51. The van der Waals surface area contributed by atoms with Crippen molar-refractivity contribution in [3.8, 4) is 0 Å². The minimum atomic E-state index is -0.894. The third-order valence-electron chi connectivity index (χ3n) is 2.12. The number of ether oxygens (including phenoxy) is 2. The van der Waals surface area contributed by atoms with Crippen molar-refractivity contribution in [2.24, 2.45) is 5.73 Å². The minimum Gasteiger partial charge on any atom is -0.468 e. The second-order valence-corrected chi connectivity index (χ2v) is 3.12. The second-order valence-electron chi connectivity index (χ2n) is 3.12. The molecule has 17 heavy (non-hydrogen) atoms. The molecule has 5 nitrogen and oxygen atoms in total. The highest BCUT2D eigenvalue weighted by Crippen LogP contribution is 2.14. The van der Waals surface area contributed by atoms with Crippen molar-refractivity contribution in [2.45, 2.75) is 6.04 Å². The van der Waals surface area contributed by atoms with Gasteiger partial charge in [-0.05, 0) is 17.7 Å². The highest BCUT2D eigenvalue weighted by atomic mass is 35.5. The average molecular weight is 260 g/mol. The summed E-state index contributed by atoms with van der Waals surface area (Å²) < 4.78 is 9.07. The number of carbonyl (C=O) groups is 2. The number of benzene rings is 1. The number of esters is 2. The predicted octanol–water partition coefficient (Wildman–Crippen LogP) is 1.07. The first kappa shape index (κ1) is 15.4. The van der Waals surface area contributed by atoms with Crippen LogP contribution in [0.1, 0.15) is 22.0 Å². The Hall–Kier alpha value is -1.59. The van der Waals surface area contributed by atoms with Crippen molar-refractivity contribution in [2.75, 3.05) is 14.2 Å². The lowest BCUT2D eigenvalue weighted by molar-refractivity contribution is -0.142. The molecule has 0 aromatic heterocycles. The molecule has 0 aliphatic carbocycles. The summed E-state index contributed by atoms with van der Waals surface area (Å²) in [6, 6.07) is 5.47. The fourth-order valence-corrected chi connectivity index (χ4v) is 1.24. The maximum atomic E-state index is 11.2. The van der Waals surface area contributed by atoms with Crippen LogP contribution in [0.4, 0.5) is 0 Å². The van der Waals surface area contributed by atoms with Gasteiger partial charge < -0.3 is 15.2 Å². The molecule has 6 heteroatoms. The number of carbonyl (C=O) groups excluding carboxylic acids is 2. The number of methoxy groups -OCH3 is 2. The predicted molar refractivity (Wildman–Crippen MR) is 64.0 cm³/mol. The fraction of sp³-hybridized carbons (Fsp3) is 0.273. The highest BCUT2D eigenvalue weighted by Gasteiger charge is 2.17. The molecule has 0 fully saturated rings. The maximum Gasteiger partial charge on any atom is 0.337 e. The molecule has 1 aromatic rings. The van der Waals surface area contributed by atoms with Crippen LogP contribution in [0, 0.1) is 0 Å². The summed E-state index contributed by atoms with van der Waals surface area (Å²) in [6.07, 6.45) is 0. The summed E-state index contributed by atoms with van der Waals surface area (Å²) in [7, 11) is 2.54. The van der Waals surface area contributed by atoms with Crippen LogP contribution in [0.15, 0.2) is 24.3 Å². The second kappa shape index (κ2) is 6.88. The lowest BCUT2D eigenvalue weighted by Gasteiger charge is -2.10. The monoisotopic (exact) mass is 259 g/mol. The quantitative estimate of drug-likeness (QED) is 0.822. The van der Waals surface area contributed by atoms with E-state index in [2.05, 4.69) is 9.47 Å². The van der Waals surface area contributed by atoms with E-state index in [1.807, 2.05) is 0 Å². The molecule has 2 N–H and O–H groups in total. The van der Waals surface area contributed by atoms with E-state index < -0.39 is 18.0 Å². The summed E-state index contributed by atoms with van der Waals surface area (Å²) in [5.41, 5.74) is 6.49. The van der Waals surface area contributed by atoms with Crippen LogP contribution in [-0.4, -0.2) is 26.2 Å². The molecule has 1 rings (SSSR count). The molecule has 1 atom stereocenters. The van der Waals surface area contributed by atoms with E-state index in [1.54, 1.807) is 18.2 Å². The molecule has 0 aliphatic heterocycles. The van der Waals surface area contributed by atoms with Crippen molar-refractivity contribution >= 4 is 24.3 Å². The summed E-state index contributed by atoms with van der Waals surface area (Å²) in [5.74, 6) is -1.03. The van der Waals surface area contributed by atoms with Gasteiger partial charge in [0, 0.05) is 0 Å². The standard InChI is InChI=1S/C11H13NO4.ClH/c1-15-10(13)8-5-3-4-7(6-8)9(12)11(14)16-2;/h3-6,9H,12H2,1-2H3;1H/t9-;/m1./s1. The third-order valence-corrected chi connectivity index (χ3v) is 2.12. The Kier molecular flexibility index (Phi) is 6.23. The van der Waals surface area contributed by atoms with E-state index in [1.165, 1.54) is 20.3 Å². The minimum absolute atomic E-state index is 0. The fourth-order valence-electron chi connectivity index (χ4n) is 1.24. The van der Waals surface area contributed by atoms with E-state index in [9.17, 15) is 9.59 Å². The summed E-state index contributed by atoms with van der Waals surface area (Å²) in [5, 5.41) is 0. The SMILES string of the molecule is COC(=O)c1cccc([C@@H](N)C(=O)OC)c1.Cl. The van der Waals surface area contributed by atoms with Crippen LogP contribution in [0.5, 0.6) is 0 Å². The molecule has 94 valence electrons. The molecule has 0 heterocycles. The zero-order valence-corrected chi connectivity index (χ0v) is 10.3. The van der Waals surface area contributed by atoms with Gasteiger partial charge in [-0.1, -0.05) is 12.1 Å². The Balaban J connectivity index is 0.00000256. The van der Waals surface area contributed by atoms with Gasteiger partial charge in [0.25, 0.3) is 0 Å². The van der Waals surface area contributed by atoms with E-state index >= 15 is 0 Å². The third kappa shape index (κ3) is 3.72. The van der Waals surface area contributed by atoms with Crippen LogP contribution in [0.3, 0.4) is 0 Å². The van der Waals surface area contributed by atoms with Crippen molar-refractivity contribution in [3.05, 3.63) is 35.4 Å². The molecule has 0 amide bonds. The first-order valence-corrected chi connectivity index (χ1v) is 4.62. The molecule has 0 unspecified atom stereocenters. The van der Waals surface area contributed by atoms with E-state index in [0.717, 1.165) is 0 Å². The van der Waals surface area contributed by atoms with Crippen molar-refractivity contribution < 1.29 is 19.1 Å². The summed E-state index contributed by atoms with van der Waals surface area (Å²) >= 11 is 0. The molecular weight excluding hydrogens is 246 g/mol. The zero-order chi connectivity index (χ0) is 12.1. The number of halogens is 1. The number of hydrogen-bond acceptors (Lipinski definition) is 5. The summed E-state index contributed by atoms with van der Waals surface area (Å²) in [6.45, 7) is 0. The van der Waals surface area contributed by atoms with Crippen molar-refractivity contribution in [1.29, 1.82) is 0 Å². The van der Waals surface area contributed by atoms with Gasteiger partial charge in [0.05, 0.1) is 19.8 Å². The first-order chi connectivity index (χ1) is 7.60. The van der Waals surface area contributed by atoms with Gasteiger partial charge in [0.2, 0.25) is 0 Å². The van der Waals surface area contributed by atoms with Crippen LogP contribution in [0.2, 0.25) is 0 Å². The van der Waals surface area contributed by atoms with Crippen LogP contribution < -0.4 is 5.73 Å². The Morgan fingerprint density at radius 1 is 1.24 bits per heavy atom. The lowest BCUT2D eigenvalue weighted by Crippen LogP contribution is -2.22. The lowest BCUT2D eigenvalue weighted by atomic mass is 10.0. The number of nitrogens with two attached hydrogens (primary N) is 1. The van der Waals surface area contributed by atoms with Crippen LogP contribution >= 0.6 is 12.4 Å². The Bertz CT molecular complexity index is 408. The van der Waals surface area contributed by atoms with Crippen molar-refractivity contribution in [3.63, 3.8) is 0 Å². The van der Waals surface area contributed by atoms with Gasteiger partial charge in [-0.15, -0.1) is 12.4 Å².